The second-order valence-corrected chi connectivity index (χ2v) is 17.6. The number of anilines is 6. The molecule has 0 saturated heterocycles. The van der Waals surface area contributed by atoms with Gasteiger partial charge in [-0.25, -0.2) is 4.98 Å². The van der Waals surface area contributed by atoms with E-state index < -0.39 is 0 Å². The number of rotatable bonds is 7. The van der Waals surface area contributed by atoms with Crippen molar-refractivity contribution in [2.45, 2.75) is 0 Å². The third-order valence-corrected chi connectivity index (χ3v) is 13.7. The van der Waals surface area contributed by atoms with Gasteiger partial charge in [-0.3, -0.25) is 4.57 Å². The molecule has 328 valence electrons. The first-order valence-corrected chi connectivity index (χ1v) is 23.6. The third kappa shape index (κ3) is 6.19. The van der Waals surface area contributed by atoms with Crippen LogP contribution in [0.5, 0.6) is 0 Å². The molecule has 0 aliphatic carbocycles. The minimum atomic E-state index is 0.549. The Hall–Kier alpha value is -9.59. The molecule has 13 aromatic rings. The lowest BCUT2D eigenvalue weighted by Gasteiger charge is -2.41. The summed E-state index contributed by atoms with van der Waals surface area (Å²) >= 11 is 0. The van der Waals surface area contributed by atoms with Crippen LogP contribution in [-0.4, -0.2) is 24.1 Å². The Balaban J connectivity index is 1.07. The number of aromatic nitrogens is 5. The molecule has 0 atom stereocenters. The number of benzene rings is 10. The summed E-state index contributed by atoms with van der Waals surface area (Å²) in [6, 6.07) is 88.1. The predicted molar refractivity (Wildman–Crippen MR) is 288 cm³/mol. The first kappa shape index (κ1) is 39.6. The summed E-state index contributed by atoms with van der Waals surface area (Å²) in [4.78, 5) is 20.6. The van der Waals surface area contributed by atoms with Crippen molar-refractivity contribution in [1.82, 2.24) is 24.1 Å². The van der Waals surface area contributed by atoms with Crippen molar-refractivity contribution in [2.75, 3.05) is 9.80 Å². The smallest absolute Gasteiger partial charge is 0.238 e. The Kier molecular flexibility index (Phi) is 9.07. The highest BCUT2D eigenvalue weighted by Crippen LogP contribution is 2.60. The number of nitrogens with zero attached hydrogens (tertiary/aromatic N) is 7. The zero-order chi connectivity index (χ0) is 46.1. The van der Waals surface area contributed by atoms with Gasteiger partial charge in [0.05, 0.1) is 44.8 Å². The van der Waals surface area contributed by atoms with Gasteiger partial charge in [0.25, 0.3) is 0 Å². The number of fused-ring (bicyclic) bond motifs is 10. The average Bonchev–Trinajstić information content (AvgIpc) is 3.97. The van der Waals surface area contributed by atoms with Gasteiger partial charge < -0.3 is 14.4 Å². The molecular weight excluding hydrogens is 855 g/mol. The highest BCUT2D eigenvalue weighted by molar-refractivity contribution is 6.26. The summed E-state index contributed by atoms with van der Waals surface area (Å²) in [7, 11) is 0. The lowest BCUT2D eigenvalue weighted by atomic mass is 9.98. The van der Waals surface area contributed by atoms with Gasteiger partial charge in [-0.1, -0.05) is 176 Å². The van der Waals surface area contributed by atoms with Crippen LogP contribution in [0.25, 0.3) is 89.2 Å². The van der Waals surface area contributed by atoms with E-state index in [-0.39, 0.29) is 0 Å². The van der Waals surface area contributed by atoms with Crippen LogP contribution in [0.2, 0.25) is 0 Å². The molecule has 0 amide bonds. The molecule has 3 aromatic heterocycles. The maximum atomic E-state index is 5.28. The van der Waals surface area contributed by atoms with E-state index in [4.69, 9.17) is 15.0 Å². The van der Waals surface area contributed by atoms with Gasteiger partial charge >= 0.3 is 0 Å². The van der Waals surface area contributed by atoms with Crippen LogP contribution in [-0.2, 0) is 0 Å². The topological polar surface area (TPSA) is 55.0 Å². The van der Waals surface area contributed by atoms with Crippen LogP contribution in [0.15, 0.2) is 249 Å². The summed E-state index contributed by atoms with van der Waals surface area (Å²) < 4.78 is 4.64. The SMILES string of the molecule is c1ccc(-c2ccc(-n3c4ccccc4c4c5c(ccc43)N(c3ccccc3)c3c(ccc4c3c3ccccc3n4-c3nc(-c4ccccc4)nc(-c4ccccc4)n3)N5c3ccccc3)cc2)cc1. The van der Waals surface area contributed by atoms with Gasteiger partial charge in [0.1, 0.15) is 0 Å². The lowest BCUT2D eigenvalue weighted by Crippen LogP contribution is -2.24. The second kappa shape index (κ2) is 16.0. The van der Waals surface area contributed by atoms with Crippen LogP contribution in [0.3, 0.4) is 0 Å². The van der Waals surface area contributed by atoms with Gasteiger partial charge in [-0.2, -0.15) is 9.97 Å². The molecule has 0 spiro atoms. The monoisotopic (exact) mass is 895 g/mol. The predicted octanol–water partition coefficient (Wildman–Crippen LogP) is 16.3. The van der Waals surface area contributed by atoms with E-state index in [1.807, 2.05) is 36.4 Å². The average molecular weight is 896 g/mol. The van der Waals surface area contributed by atoms with Crippen molar-refractivity contribution in [2.24, 2.45) is 0 Å². The highest BCUT2D eigenvalue weighted by atomic mass is 15.3. The maximum Gasteiger partial charge on any atom is 0.238 e. The summed E-state index contributed by atoms with van der Waals surface area (Å²) in [5.41, 5.74) is 16.0. The lowest BCUT2D eigenvalue weighted by molar-refractivity contribution is 0.953. The zero-order valence-corrected chi connectivity index (χ0v) is 37.8. The van der Waals surface area contributed by atoms with Crippen molar-refractivity contribution >= 4 is 77.7 Å². The molecule has 7 heteroatoms. The van der Waals surface area contributed by atoms with Crippen molar-refractivity contribution in [1.29, 1.82) is 0 Å². The number of para-hydroxylation sites is 4. The molecule has 7 nitrogen and oxygen atoms in total. The van der Waals surface area contributed by atoms with E-state index in [9.17, 15) is 0 Å². The molecule has 0 fully saturated rings. The molecule has 1 aliphatic rings. The van der Waals surface area contributed by atoms with Crippen LogP contribution in [0.1, 0.15) is 0 Å². The van der Waals surface area contributed by atoms with E-state index in [0.29, 0.717) is 17.6 Å². The van der Waals surface area contributed by atoms with Crippen molar-refractivity contribution in [3.05, 3.63) is 249 Å². The molecular formula is C63H41N7. The molecule has 0 N–H and O–H groups in total. The molecule has 0 saturated carbocycles. The van der Waals surface area contributed by atoms with Crippen LogP contribution >= 0.6 is 0 Å². The molecule has 0 radical (unpaired) electrons. The van der Waals surface area contributed by atoms with Crippen molar-refractivity contribution < 1.29 is 0 Å². The highest BCUT2D eigenvalue weighted by Gasteiger charge is 2.36. The Morgan fingerprint density at radius 2 is 0.643 bits per heavy atom. The third-order valence-electron chi connectivity index (χ3n) is 13.7. The van der Waals surface area contributed by atoms with Gasteiger partial charge in [-0.15, -0.1) is 0 Å². The molecule has 1 aliphatic heterocycles. The fourth-order valence-corrected chi connectivity index (χ4v) is 10.6. The Morgan fingerprint density at radius 3 is 1.13 bits per heavy atom. The van der Waals surface area contributed by atoms with Crippen molar-refractivity contribution in [3.63, 3.8) is 0 Å². The maximum absolute atomic E-state index is 5.28. The van der Waals surface area contributed by atoms with Crippen LogP contribution < -0.4 is 9.80 Å². The molecule has 70 heavy (non-hydrogen) atoms. The normalized spacial score (nSPS) is 12.2. The fraction of sp³-hybridized carbons (Fsp3) is 0. The summed E-state index contributed by atoms with van der Waals surface area (Å²) in [5.74, 6) is 1.77. The van der Waals surface area contributed by atoms with E-state index in [1.54, 1.807) is 0 Å². The number of hydrogen-bond acceptors (Lipinski definition) is 5. The standard InChI is InChI=1S/C63H41N7/c1-6-20-42(21-7-1)43-34-36-48(37-35-43)67-51-32-18-16-30-49(51)57-53(67)38-40-55-59(57)68(46-26-12-4-13-27-46)56-41-39-54-58(60(56)69(55)47-28-14-5-15-29-47)50-31-17-19-33-52(50)70(54)63-65-61(44-22-8-2-9-23-44)64-62(66-63)45-24-10-3-11-25-45/h1-41H. The molecule has 14 rings (SSSR count). The largest absolute Gasteiger partial charge is 0.309 e. The quantitative estimate of drug-likeness (QED) is 0.160. The molecule has 10 aromatic carbocycles. The van der Waals surface area contributed by atoms with Gasteiger partial charge in [0.2, 0.25) is 5.95 Å². The van der Waals surface area contributed by atoms with E-state index in [2.05, 4.69) is 231 Å². The second-order valence-electron chi connectivity index (χ2n) is 17.6. The molecule has 0 unspecified atom stereocenters. The summed E-state index contributed by atoms with van der Waals surface area (Å²) in [5, 5.41) is 4.53. The van der Waals surface area contributed by atoms with Gasteiger partial charge in [0, 0.05) is 49.7 Å². The Morgan fingerprint density at radius 1 is 0.257 bits per heavy atom. The first-order chi connectivity index (χ1) is 34.8. The van der Waals surface area contributed by atoms with Gasteiger partial charge in [0.15, 0.2) is 11.6 Å². The van der Waals surface area contributed by atoms with Gasteiger partial charge in [-0.05, 0) is 83.9 Å². The Bertz CT molecular complexity index is 4040. The minimum Gasteiger partial charge on any atom is -0.309 e. The zero-order valence-electron chi connectivity index (χ0n) is 37.8. The van der Waals surface area contributed by atoms with E-state index in [1.165, 1.54) is 21.9 Å². The fourth-order valence-electron chi connectivity index (χ4n) is 10.6. The van der Waals surface area contributed by atoms with E-state index >= 15 is 0 Å². The Labute approximate surface area is 404 Å². The van der Waals surface area contributed by atoms with E-state index in [0.717, 1.165) is 83.8 Å². The summed E-state index contributed by atoms with van der Waals surface area (Å²) in [6.07, 6.45) is 0. The van der Waals surface area contributed by atoms with Crippen LogP contribution in [0.4, 0.5) is 34.1 Å². The summed E-state index contributed by atoms with van der Waals surface area (Å²) in [6.45, 7) is 0. The molecule has 0 bridgehead atoms. The van der Waals surface area contributed by atoms with Crippen molar-refractivity contribution in [3.8, 4) is 45.5 Å². The number of hydrogen-bond donors (Lipinski definition) is 0. The molecule has 4 heterocycles. The van der Waals surface area contributed by atoms with Crippen LogP contribution in [0, 0.1) is 0 Å². The first-order valence-electron chi connectivity index (χ1n) is 23.6. The minimum absolute atomic E-state index is 0.549.